The molecule has 2 N–H and O–H groups in total. The number of pyridine rings is 1. The van der Waals surface area contributed by atoms with Gasteiger partial charge in [-0.1, -0.05) is 0 Å². The first-order chi connectivity index (χ1) is 8.29. The molecule has 0 spiro atoms. The molecule has 92 valence electrons. The summed E-state index contributed by atoms with van der Waals surface area (Å²) in [4.78, 5) is 19.0. The molecule has 0 bridgehead atoms. The Kier molecular flexibility index (Phi) is 3.93. The molecule has 2 heterocycles. The van der Waals surface area contributed by atoms with E-state index in [2.05, 4.69) is 14.8 Å². The van der Waals surface area contributed by atoms with Gasteiger partial charge in [-0.3, -0.25) is 4.90 Å². The average Bonchev–Trinajstić information content (AvgIpc) is 2.38. The first-order valence-corrected chi connectivity index (χ1v) is 5.92. The van der Waals surface area contributed by atoms with Gasteiger partial charge in [-0.15, -0.1) is 0 Å². The molecule has 1 aromatic rings. The van der Waals surface area contributed by atoms with Crippen LogP contribution in [0.3, 0.4) is 0 Å². The van der Waals surface area contributed by atoms with E-state index in [1.54, 1.807) is 0 Å². The van der Waals surface area contributed by atoms with Gasteiger partial charge < -0.3 is 15.4 Å². The molecule has 5 nitrogen and oxygen atoms in total. The number of nitrogens with zero attached hydrogens (tertiary/aromatic N) is 3. The van der Waals surface area contributed by atoms with Crippen molar-refractivity contribution < 1.29 is 4.79 Å². The quantitative estimate of drug-likeness (QED) is 0.763. The third kappa shape index (κ3) is 3.17. The second-order valence-electron chi connectivity index (χ2n) is 4.23. The Morgan fingerprint density at radius 3 is 2.65 bits per heavy atom. The maximum Gasteiger partial charge on any atom is 0.123 e. The molecule has 0 atom stereocenters. The van der Waals surface area contributed by atoms with Gasteiger partial charge in [0.25, 0.3) is 0 Å². The number of hydrogen-bond acceptors (Lipinski definition) is 5. The van der Waals surface area contributed by atoms with Crippen molar-refractivity contribution in [1.29, 1.82) is 0 Å². The van der Waals surface area contributed by atoms with E-state index in [4.69, 9.17) is 5.73 Å². The highest BCUT2D eigenvalue weighted by atomic mass is 16.1. The summed E-state index contributed by atoms with van der Waals surface area (Å²) in [5.74, 6) is 0.554. The van der Waals surface area contributed by atoms with Crippen LogP contribution >= 0.6 is 0 Å². The van der Waals surface area contributed by atoms with Gasteiger partial charge in [-0.25, -0.2) is 4.98 Å². The second kappa shape index (κ2) is 5.63. The molecule has 1 saturated heterocycles. The summed E-state index contributed by atoms with van der Waals surface area (Å²) >= 11 is 0. The van der Waals surface area contributed by atoms with Crippen LogP contribution in [-0.4, -0.2) is 48.9 Å². The number of nitrogen functional groups attached to an aromatic ring is 1. The lowest BCUT2D eigenvalue weighted by molar-refractivity contribution is -0.108. The first-order valence-electron chi connectivity index (χ1n) is 5.92. The van der Waals surface area contributed by atoms with Crippen LogP contribution in [0.2, 0.25) is 0 Å². The van der Waals surface area contributed by atoms with Crippen molar-refractivity contribution in [3.8, 4) is 0 Å². The van der Waals surface area contributed by atoms with E-state index in [1.807, 2.05) is 18.3 Å². The molecule has 1 aliphatic rings. The van der Waals surface area contributed by atoms with Crippen molar-refractivity contribution >= 4 is 17.8 Å². The molecule has 0 unspecified atom stereocenters. The SMILES string of the molecule is Nc1ccc(N2CCN(CCC=O)CC2)cn1. The highest BCUT2D eigenvalue weighted by molar-refractivity contribution is 5.50. The second-order valence-corrected chi connectivity index (χ2v) is 4.23. The van der Waals surface area contributed by atoms with Crippen molar-refractivity contribution in [3.63, 3.8) is 0 Å². The Morgan fingerprint density at radius 1 is 1.29 bits per heavy atom. The number of nitrogens with two attached hydrogens (primary N) is 1. The number of carbonyl (C=O) groups is 1. The van der Waals surface area contributed by atoms with Gasteiger partial charge >= 0.3 is 0 Å². The van der Waals surface area contributed by atoms with Crippen LogP contribution in [-0.2, 0) is 4.79 Å². The lowest BCUT2D eigenvalue weighted by Crippen LogP contribution is -2.46. The summed E-state index contributed by atoms with van der Waals surface area (Å²) < 4.78 is 0. The summed E-state index contributed by atoms with van der Waals surface area (Å²) in [6.45, 7) is 4.82. The Morgan fingerprint density at radius 2 is 2.06 bits per heavy atom. The minimum absolute atomic E-state index is 0.554. The van der Waals surface area contributed by atoms with E-state index >= 15 is 0 Å². The number of anilines is 2. The van der Waals surface area contributed by atoms with Crippen LogP contribution in [0.25, 0.3) is 0 Å². The number of hydrogen-bond donors (Lipinski definition) is 1. The Hall–Kier alpha value is -1.62. The van der Waals surface area contributed by atoms with E-state index in [1.165, 1.54) is 0 Å². The molecular weight excluding hydrogens is 216 g/mol. The van der Waals surface area contributed by atoms with Crippen LogP contribution in [0, 0.1) is 0 Å². The van der Waals surface area contributed by atoms with Gasteiger partial charge in [0.15, 0.2) is 0 Å². The summed E-state index contributed by atoms with van der Waals surface area (Å²) in [5.41, 5.74) is 6.68. The molecule has 0 amide bonds. The van der Waals surface area contributed by atoms with Crippen molar-refractivity contribution in [2.75, 3.05) is 43.4 Å². The van der Waals surface area contributed by atoms with E-state index in [0.717, 1.165) is 44.7 Å². The number of piperazine rings is 1. The molecule has 0 saturated carbocycles. The van der Waals surface area contributed by atoms with E-state index < -0.39 is 0 Å². The summed E-state index contributed by atoms with van der Waals surface area (Å²) in [6.07, 6.45) is 3.43. The van der Waals surface area contributed by atoms with Gasteiger partial charge in [0, 0.05) is 39.1 Å². The average molecular weight is 234 g/mol. The van der Waals surface area contributed by atoms with E-state index in [9.17, 15) is 4.79 Å². The fourth-order valence-electron chi connectivity index (χ4n) is 2.05. The summed E-state index contributed by atoms with van der Waals surface area (Å²) in [7, 11) is 0. The van der Waals surface area contributed by atoms with Crippen molar-refractivity contribution in [3.05, 3.63) is 18.3 Å². The standard InChI is InChI=1S/C12H18N4O/c13-12-3-2-11(10-14-12)16-7-5-15(6-8-16)4-1-9-17/h2-3,9-10H,1,4-8H2,(H2,13,14). The zero-order valence-corrected chi connectivity index (χ0v) is 9.88. The van der Waals surface area contributed by atoms with Crippen molar-refractivity contribution in [1.82, 2.24) is 9.88 Å². The molecule has 0 aromatic carbocycles. The van der Waals surface area contributed by atoms with E-state index in [0.29, 0.717) is 12.2 Å². The highest BCUT2D eigenvalue weighted by Gasteiger charge is 2.16. The molecule has 1 aliphatic heterocycles. The monoisotopic (exact) mass is 234 g/mol. The smallest absolute Gasteiger partial charge is 0.123 e. The fraction of sp³-hybridized carbons (Fsp3) is 0.500. The Balaban J connectivity index is 1.86. The summed E-state index contributed by atoms with van der Waals surface area (Å²) in [5, 5.41) is 0. The van der Waals surface area contributed by atoms with E-state index in [-0.39, 0.29) is 0 Å². The maximum absolute atomic E-state index is 10.3. The molecule has 5 heteroatoms. The maximum atomic E-state index is 10.3. The molecular formula is C12H18N4O. The normalized spacial score (nSPS) is 17.1. The number of rotatable bonds is 4. The molecule has 17 heavy (non-hydrogen) atoms. The Bertz CT molecular complexity index is 357. The van der Waals surface area contributed by atoms with Crippen LogP contribution in [0.1, 0.15) is 6.42 Å². The van der Waals surface area contributed by atoms with Crippen LogP contribution in [0.5, 0.6) is 0 Å². The summed E-state index contributed by atoms with van der Waals surface area (Å²) in [6, 6.07) is 3.83. The zero-order valence-electron chi connectivity index (χ0n) is 9.88. The number of carbonyl (C=O) groups excluding carboxylic acids is 1. The third-order valence-electron chi connectivity index (χ3n) is 3.07. The topological polar surface area (TPSA) is 62.5 Å². The third-order valence-corrected chi connectivity index (χ3v) is 3.07. The zero-order chi connectivity index (χ0) is 12.1. The predicted molar refractivity (Wildman–Crippen MR) is 68.0 cm³/mol. The molecule has 0 aliphatic carbocycles. The highest BCUT2D eigenvalue weighted by Crippen LogP contribution is 2.15. The molecule has 1 aromatic heterocycles. The number of aldehydes is 1. The van der Waals surface area contributed by atoms with Gasteiger partial charge in [-0.05, 0) is 12.1 Å². The largest absolute Gasteiger partial charge is 0.384 e. The molecule has 0 radical (unpaired) electrons. The van der Waals surface area contributed by atoms with Crippen molar-refractivity contribution in [2.24, 2.45) is 0 Å². The first kappa shape index (κ1) is 11.9. The van der Waals surface area contributed by atoms with Gasteiger partial charge in [0.05, 0.1) is 11.9 Å². The van der Waals surface area contributed by atoms with Gasteiger partial charge in [-0.2, -0.15) is 0 Å². The lowest BCUT2D eigenvalue weighted by atomic mass is 10.2. The lowest BCUT2D eigenvalue weighted by Gasteiger charge is -2.35. The molecule has 1 fully saturated rings. The molecule has 2 rings (SSSR count). The minimum atomic E-state index is 0.554. The predicted octanol–water partition coefficient (Wildman–Crippen LogP) is 0.375. The van der Waals surface area contributed by atoms with Crippen LogP contribution in [0.15, 0.2) is 18.3 Å². The number of aromatic nitrogens is 1. The van der Waals surface area contributed by atoms with Gasteiger partial charge in [0.2, 0.25) is 0 Å². The van der Waals surface area contributed by atoms with Gasteiger partial charge in [0.1, 0.15) is 12.1 Å². The van der Waals surface area contributed by atoms with Crippen LogP contribution in [0.4, 0.5) is 11.5 Å². The minimum Gasteiger partial charge on any atom is -0.384 e. The van der Waals surface area contributed by atoms with Crippen molar-refractivity contribution in [2.45, 2.75) is 6.42 Å². The Labute approximate surface area is 101 Å². The fourth-order valence-corrected chi connectivity index (χ4v) is 2.05. The van der Waals surface area contributed by atoms with Crippen LogP contribution < -0.4 is 10.6 Å².